The minimum Gasteiger partial charge on any atom is -0.467 e. The van der Waals surface area contributed by atoms with Gasteiger partial charge in [0.1, 0.15) is 5.54 Å². The summed E-state index contributed by atoms with van der Waals surface area (Å²) in [6.45, 7) is 3.74. The average Bonchev–Trinajstić information content (AvgIpc) is 2.60. The number of esters is 1. The van der Waals surface area contributed by atoms with E-state index in [1.807, 2.05) is 13.8 Å². The summed E-state index contributed by atoms with van der Waals surface area (Å²) in [6.07, 6.45) is 2.17. The first kappa shape index (κ1) is 14.3. The molecule has 4 nitrogen and oxygen atoms in total. The molecule has 0 bridgehead atoms. The molecule has 1 aliphatic carbocycles. The molecule has 1 fully saturated rings. The maximum Gasteiger partial charge on any atom is 0.331 e. The minimum absolute atomic E-state index is 0.248. The highest BCUT2D eigenvalue weighted by atomic mass is 35.5. The lowest BCUT2D eigenvalue weighted by molar-refractivity contribution is -0.152. The topological polar surface area (TPSA) is 55.4 Å². The third kappa shape index (κ3) is 2.37. The van der Waals surface area contributed by atoms with Gasteiger partial charge >= 0.3 is 5.97 Å². The van der Waals surface area contributed by atoms with Crippen LogP contribution >= 0.6 is 22.9 Å². The van der Waals surface area contributed by atoms with Crippen LogP contribution in [0.4, 0.5) is 0 Å². The molecule has 0 aliphatic heterocycles. The molecule has 19 heavy (non-hydrogen) atoms. The van der Waals surface area contributed by atoms with Gasteiger partial charge in [-0.3, -0.25) is 4.79 Å². The number of halogens is 1. The fraction of sp³-hybridized carbons (Fsp3) is 0.538. The SMILES string of the molecule is COC(=O)C1(NC(=O)c2sc(Cl)c(C)c2C)CCC1. The normalized spacial score (nSPS) is 16.6. The van der Waals surface area contributed by atoms with Crippen LogP contribution in [0.1, 0.15) is 40.1 Å². The third-order valence-electron chi connectivity index (χ3n) is 3.73. The number of nitrogens with one attached hydrogen (secondary N) is 1. The molecule has 0 radical (unpaired) electrons. The second-order valence-corrected chi connectivity index (χ2v) is 6.46. The summed E-state index contributed by atoms with van der Waals surface area (Å²) in [5.41, 5.74) is 0.937. The van der Waals surface area contributed by atoms with Crippen molar-refractivity contribution in [2.45, 2.75) is 38.6 Å². The van der Waals surface area contributed by atoms with Gasteiger partial charge in [0.05, 0.1) is 16.3 Å². The van der Waals surface area contributed by atoms with Crippen LogP contribution in [-0.2, 0) is 9.53 Å². The quantitative estimate of drug-likeness (QED) is 0.874. The second-order valence-electron chi connectivity index (χ2n) is 4.84. The Morgan fingerprint density at radius 3 is 2.32 bits per heavy atom. The molecule has 1 heterocycles. The molecule has 2 rings (SSSR count). The standard InChI is InChI=1S/C13H16ClNO3S/c1-7-8(2)10(14)19-9(7)11(16)15-13(5-4-6-13)12(17)18-3/h4-6H2,1-3H3,(H,15,16). The molecule has 104 valence electrons. The van der Waals surface area contributed by atoms with E-state index in [2.05, 4.69) is 5.32 Å². The lowest BCUT2D eigenvalue weighted by Gasteiger charge is -2.39. The molecule has 1 amide bonds. The van der Waals surface area contributed by atoms with E-state index in [0.717, 1.165) is 17.5 Å². The van der Waals surface area contributed by atoms with Gasteiger partial charge in [0, 0.05) is 0 Å². The van der Waals surface area contributed by atoms with Crippen molar-refractivity contribution in [3.8, 4) is 0 Å². The van der Waals surface area contributed by atoms with Crippen LogP contribution in [-0.4, -0.2) is 24.5 Å². The van der Waals surface area contributed by atoms with Crippen LogP contribution in [0.5, 0.6) is 0 Å². The van der Waals surface area contributed by atoms with Crippen LogP contribution < -0.4 is 5.32 Å². The second kappa shape index (κ2) is 5.13. The molecule has 1 N–H and O–H groups in total. The predicted molar refractivity (Wildman–Crippen MR) is 74.9 cm³/mol. The Hall–Kier alpha value is -1.07. The monoisotopic (exact) mass is 301 g/mol. The number of hydrogen-bond donors (Lipinski definition) is 1. The Labute approximate surface area is 121 Å². The van der Waals surface area contributed by atoms with Gasteiger partial charge in [-0.05, 0) is 44.2 Å². The Morgan fingerprint density at radius 1 is 1.32 bits per heavy atom. The van der Waals surface area contributed by atoms with Gasteiger partial charge < -0.3 is 10.1 Å². The fourth-order valence-corrected chi connectivity index (χ4v) is 3.47. The number of methoxy groups -OCH3 is 1. The highest BCUT2D eigenvalue weighted by Crippen LogP contribution is 2.35. The highest BCUT2D eigenvalue weighted by molar-refractivity contribution is 7.18. The van der Waals surface area contributed by atoms with E-state index in [1.165, 1.54) is 18.4 Å². The van der Waals surface area contributed by atoms with Crippen molar-refractivity contribution in [2.24, 2.45) is 0 Å². The van der Waals surface area contributed by atoms with Gasteiger partial charge in [0.25, 0.3) is 5.91 Å². The Bertz CT molecular complexity index is 534. The number of carbonyl (C=O) groups excluding carboxylic acids is 2. The zero-order valence-electron chi connectivity index (χ0n) is 11.1. The van der Waals surface area contributed by atoms with Gasteiger partial charge in [-0.1, -0.05) is 11.6 Å². The Kier molecular flexibility index (Phi) is 3.87. The van der Waals surface area contributed by atoms with Crippen molar-refractivity contribution in [3.05, 3.63) is 20.3 Å². The number of carbonyl (C=O) groups is 2. The van der Waals surface area contributed by atoms with Crippen LogP contribution in [0.2, 0.25) is 4.34 Å². The van der Waals surface area contributed by atoms with Gasteiger partial charge in [0.15, 0.2) is 0 Å². The maximum absolute atomic E-state index is 12.3. The molecule has 0 spiro atoms. The van der Waals surface area contributed by atoms with E-state index in [4.69, 9.17) is 16.3 Å². The summed E-state index contributed by atoms with van der Waals surface area (Å²) in [5, 5.41) is 2.82. The van der Waals surface area contributed by atoms with E-state index >= 15 is 0 Å². The summed E-state index contributed by atoms with van der Waals surface area (Å²) in [6, 6.07) is 0. The number of amides is 1. The molecule has 0 aromatic carbocycles. The van der Waals surface area contributed by atoms with E-state index < -0.39 is 5.54 Å². The zero-order chi connectivity index (χ0) is 14.2. The molecule has 6 heteroatoms. The molecule has 0 atom stereocenters. The van der Waals surface area contributed by atoms with Gasteiger partial charge in [-0.15, -0.1) is 11.3 Å². The predicted octanol–water partition coefficient (Wildman–Crippen LogP) is 2.84. The summed E-state index contributed by atoms with van der Waals surface area (Å²) >= 11 is 7.28. The molecular formula is C13H16ClNO3S. The van der Waals surface area contributed by atoms with Crippen molar-refractivity contribution in [3.63, 3.8) is 0 Å². The number of ether oxygens (including phenoxy) is 1. The van der Waals surface area contributed by atoms with Crippen molar-refractivity contribution in [1.82, 2.24) is 5.32 Å². The van der Waals surface area contributed by atoms with E-state index in [-0.39, 0.29) is 11.9 Å². The molecule has 1 aliphatic rings. The number of rotatable bonds is 3. The van der Waals surface area contributed by atoms with Gasteiger partial charge in [-0.25, -0.2) is 4.79 Å². The summed E-state index contributed by atoms with van der Waals surface area (Å²) in [5.74, 6) is -0.619. The largest absolute Gasteiger partial charge is 0.467 e. The lowest BCUT2D eigenvalue weighted by Crippen LogP contribution is -2.59. The summed E-state index contributed by atoms with van der Waals surface area (Å²) in [4.78, 5) is 24.6. The van der Waals surface area contributed by atoms with E-state index in [1.54, 1.807) is 0 Å². The first-order valence-electron chi connectivity index (χ1n) is 6.07. The van der Waals surface area contributed by atoms with Crippen molar-refractivity contribution in [2.75, 3.05) is 7.11 Å². The average molecular weight is 302 g/mol. The van der Waals surface area contributed by atoms with Crippen LogP contribution in [0.3, 0.4) is 0 Å². The molecule has 1 aromatic heterocycles. The Morgan fingerprint density at radius 2 is 1.95 bits per heavy atom. The summed E-state index contributed by atoms with van der Waals surface area (Å²) in [7, 11) is 1.34. The highest BCUT2D eigenvalue weighted by Gasteiger charge is 2.47. The molecular weight excluding hydrogens is 286 g/mol. The van der Waals surface area contributed by atoms with Crippen LogP contribution in [0, 0.1) is 13.8 Å². The van der Waals surface area contributed by atoms with Crippen molar-refractivity contribution in [1.29, 1.82) is 0 Å². The maximum atomic E-state index is 12.3. The lowest BCUT2D eigenvalue weighted by atomic mass is 9.76. The Balaban J connectivity index is 2.21. The minimum atomic E-state index is -0.845. The molecule has 0 unspecified atom stereocenters. The summed E-state index contributed by atoms with van der Waals surface area (Å²) < 4.78 is 5.39. The van der Waals surface area contributed by atoms with Gasteiger partial charge in [0.2, 0.25) is 0 Å². The first-order chi connectivity index (χ1) is 8.91. The zero-order valence-corrected chi connectivity index (χ0v) is 12.7. The van der Waals surface area contributed by atoms with Crippen molar-refractivity contribution < 1.29 is 14.3 Å². The van der Waals surface area contributed by atoms with E-state index in [9.17, 15) is 9.59 Å². The molecule has 1 saturated carbocycles. The molecule has 0 saturated heterocycles. The smallest absolute Gasteiger partial charge is 0.331 e. The number of hydrogen-bond acceptors (Lipinski definition) is 4. The fourth-order valence-electron chi connectivity index (χ4n) is 2.16. The van der Waals surface area contributed by atoms with Crippen LogP contribution in [0.15, 0.2) is 0 Å². The number of thiophene rings is 1. The van der Waals surface area contributed by atoms with E-state index in [0.29, 0.717) is 22.1 Å². The van der Waals surface area contributed by atoms with Crippen LogP contribution in [0.25, 0.3) is 0 Å². The first-order valence-corrected chi connectivity index (χ1v) is 7.27. The van der Waals surface area contributed by atoms with Crippen molar-refractivity contribution >= 4 is 34.8 Å². The molecule has 1 aromatic rings. The third-order valence-corrected chi connectivity index (χ3v) is 5.43. The van der Waals surface area contributed by atoms with Gasteiger partial charge in [-0.2, -0.15) is 0 Å².